The van der Waals surface area contributed by atoms with E-state index in [1.807, 2.05) is 0 Å². The molecule has 1 aromatic carbocycles. The third kappa shape index (κ3) is 5.08. The Kier molecular flexibility index (Phi) is 5.48. The van der Waals surface area contributed by atoms with Crippen LogP contribution in [0, 0.1) is 5.21 Å². The molecular formula is C15H10ClF3N2O4. The second-order valence-corrected chi connectivity index (χ2v) is 5.17. The second-order valence-electron chi connectivity index (χ2n) is 4.76. The van der Waals surface area contributed by atoms with E-state index in [4.69, 9.17) is 16.3 Å². The van der Waals surface area contributed by atoms with Crippen molar-refractivity contribution < 1.29 is 32.2 Å². The highest BCUT2D eigenvalue weighted by atomic mass is 35.5. The topological polar surface area (TPSA) is 82.3 Å². The van der Waals surface area contributed by atoms with Crippen LogP contribution in [0.15, 0.2) is 42.7 Å². The molecule has 6 nitrogen and oxygen atoms in total. The summed E-state index contributed by atoms with van der Waals surface area (Å²) in [7, 11) is 0. The van der Waals surface area contributed by atoms with Gasteiger partial charge < -0.3 is 15.3 Å². The van der Waals surface area contributed by atoms with Crippen molar-refractivity contribution in [3.05, 3.63) is 64.1 Å². The number of hydrogen-bond acceptors (Lipinski definition) is 4. The van der Waals surface area contributed by atoms with Crippen LogP contribution in [-0.2, 0) is 15.7 Å². The van der Waals surface area contributed by atoms with E-state index in [2.05, 4.69) is 5.32 Å². The molecule has 0 fully saturated rings. The molecule has 0 aliphatic heterocycles. The third-order valence-electron chi connectivity index (χ3n) is 2.94. The molecule has 2 aromatic rings. The van der Waals surface area contributed by atoms with Gasteiger partial charge in [0.15, 0.2) is 19.0 Å². The first-order valence-corrected chi connectivity index (χ1v) is 7.07. The fourth-order valence-electron chi connectivity index (χ4n) is 1.75. The number of carbonyl (C=O) groups is 2. The number of ether oxygens (including phenoxy) is 1. The number of amides is 1. The van der Waals surface area contributed by atoms with Crippen LogP contribution in [0.25, 0.3) is 0 Å². The molecule has 25 heavy (non-hydrogen) atoms. The Morgan fingerprint density at radius 2 is 1.84 bits per heavy atom. The van der Waals surface area contributed by atoms with E-state index >= 15 is 0 Å². The van der Waals surface area contributed by atoms with E-state index in [1.54, 1.807) is 0 Å². The normalized spacial score (nSPS) is 11.0. The molecule has 0 spiro atoms. The molecule has 0 aliphatic carbocycles. The molecule has 1 heterocycles. The average molecular weight is 375 g/mol. The van der Waals surface area contributed by atoms with Gasteiger partial charge >= 0.3 is 12.1 Å². The highest BCUT2D eigenvalue weighted by molar-refractivity contribution is 6.33. The van der Waals surface area contributed by atoms with Crippen molar-refractivity contribution in [3.63, 3.8) is 0 Å². The highest BCUT2D eigenvalue weighted by Gasteiger charge is 2.31. The average Bonchev–Trinajstić information content (AvgIpc) is 2.54. The van der Waals surface area contributed by atoms with Crippen LogP contribution in [0.5, 0.6) is 0 Å². The van der Waals surface area contributed by atoms with Crippen LogP contribution in [-0.4, -0.2) is 18.5 Å². The van der Waals surface area contributed by atoms with E-state index < -0.39 is 30.2 Å². The summed E-state index contributed by atoms with van der Waals surface area (Å²) in [6.07, 6.45) is -2.46. The summed E-state index contributed by atoms with van der Waals surface area (Å²) < 4.78 is 43.1. The first-order chi connectivity index (χ1) is 11.7. The van der Waals surface area contributed by atoms with E-state index in [-0.39, 0.29) is 16.3 Å². The maximum Gasteiger partial charge on any atom is 0.416 e. The van der Waals surface area contributed by atoms with Gasteiger partial charge in [-0.15, -0.1) is 0 Å². The fraction of sp³-hybridized carbons (Fsp3) is 0.133. The van der Waals surface area contributed by atoms with Crippen molar-refractivity contribution in [1.82, 2.24) is 0 Å². The van der Waals surface area contributed by atoms with Gasteiger partial charge in [-0.25, -0.2) is 4.79 Å². The summed E-state index contributed by atoms with van der Waals surface area (Å²) >= 11 is 5.74. The molecule has 0 aliphatic rings. The molecule has 1 amide bonds. The van der Waals surface area contributed by atoms with Gasteiger partial charge in [-0.3, -0.25) is 4.79 Å². The van der Waals surface area contributed by atoms with Gasteiger partial charge in [0.2, 0.25) is 0 Å². The molecule has 0 unspecified atom stereocenters. The summed E-state index contributed by atoms with van der Waals surface area (Å²) in [6, 6.07) is 4.82. The maximum atomic E-state index is 12.7. The zero-order chi connectivity index (χ0) is 18.6. The Morgan fingerprint density at radius 3 is 2.44 bits per heavy atom. The Bertz CT molecular complexity index is 794. The minimum absolute atomic E-state index is 0.0389. The van der Waals surface area contributed by atoms with Gasteiger partial charge in [0, 0.05) is 12.1 Å². The van der Waals surface area contributed by atoms with Crippen LogP contribution in [0.1, 0.15) is 15.9 Å². The summed E-state index contributed by atoms with van der Waals surface area (Å²) in [5, 5.41) is 12.9. The SMILES string of the molecule is O=C(COC(=O)c1cc[n+]([O-])cc1)Nc1cc(C(F)(F)F)ccc1Cl. The molecule has 0 radical (unpaired) electrons. The van der Waals surface area contributed by atoms with Crippen molar-refractivity contribution in [2.75, 3.05) is 11.9 Å². The van der Waals surface area contributed by atoms with Crippen molar-refractivity contribution in [1.29, 1.82) is 0 Å². The number of carbonyl (C=O) groups excluding carboxylic acids is 2. The lowest BCUT2D eigenvalue weighted by molar-refractivity contribution is -0.605. The van der Waals surface area contributed by atoms with Crippen molar-refractivity contribution >= 4 is 29.2 Å². The second kappa shape index (κ2) is 7.39. The molecule has 2 rings (SSSR count). The summed E-state index contributed by atoms with van der Waals surface area (Å²) in [4.78, 5) is 23.4. The molecule has 1 aromatic heterocycles. The van der Waals surface area contributed by atoms with E-state index in [0.29, 0.717) is 10.8 Å². The first-order valence-electron chi connectivity index (χ1n) is 6.69. The number of alkyl halides is 3. The molecule has 0 atom stereocenters. The number of nitrogens with zero attached hydrogens (tertiary/aromatic N) is 1. The third-order valence-corrected chi connectivity index (χ3v) is 3.27. The lowest BCUT2D eigenvalue weighted by Gasteiger charge is -2.11. The van der Waals surface area contributed by atoms with Crippen LogP contribution in [0.4, 0.5) is 18.9 Å². The molecule has 1 N–H and O–H groups in total. The molecular weight excluding hydrogens is 365 g/mol. The van der Waals surface area contributed by atoms with Crippen molar-refractivity contribution in [2.24, 2.45) is 0 Å². The van der Waals surface area contributed by atoms with E-state index in [0.717, 1.165) is 24.5 Å². The standard InChI is InChI=1S/C15H10ClF3N2O4/c16-11-2-1-10(15(17,18)19)7-12(11)20-13(22)8-25-14(23)9-3-5-21(24)6-4-9/h1-7H,8H2,(H,20,22). The lowest BCUT2D eigenvalue weighted by Crippen LogP contribution is -2.25. The van der Waals surface area contributed by atoms with Crippen LogP contribution in [0.2, 0.25) is 5.02 Å². The highest BCUT2D eigenvalue weighted by Crippen LogP contribution is 2.33. The Labute approximate surface area is 144 Å². The smallest absolute Gasteiger partial charge is 0.416 e. The number of esters is 1. The summed E-state index contributed by atoms with van der Waals surface area (Å²) in [6.45, 7) is -0.738. The van der Waals surface area contributed by atoms with Gasteiger partial charge in [-0.2, -0.15) is 17.9 Å². The van der Waals surface area contributed by atoms with Gasteiger partial charge in [0.05, 0.1) is 21.8 Å². The number of rotatable bonds is 4. The van der Waals surface area contributed by atoms with Gasteiger partial charge in [-0.1, -0.05) is 11.6 Å². The van der Waals surface area contributed by atoms with Crippen molar-refractivity contribution in [2.45, 2.75) is 6.18 Å². The zero-order valence-corrected chi connectivity index (χ0v) is 13.1. The fourth-order valence-corrected chi connectivity index (χ4v) is 1.91. The number of hydrogen-bond donors (Lipinski definition) is 1. The van der Waals surface area contributed by atoms with Gasteiger partial charge in [0.25, 0.3) is 5.91 Å². The Hall–Kier alpha value is -2.81. The molecule has 0 bridgehead atoms. The first kappa shape index (κ1) is 18.5. The molecule has 132 valence electrons. The number of pyridine rings is 1. The predicted octanol–water partition coefficient (Wildman–Crippen LogP) is 2.79. The number of aromatic nitrogens is 1. The van der Waals surface area contributed by atoms with E-state index in [1.165, 1.54) is 12.1 Å². The largest absolute Gasteiger partial charge is 0.619 e. The number of halogens is 4. The predicted molar refractivity (Wildman–Crippen MR) is 80.8 cm³/mol. The van der Waals surface area contributed by atoms with E-state index in [9.17, 15) is 28.0 Å². The Balaban J connectivity index is 1.98. The molecule has 0 saturated heterocycles. The molecule has 10 heteroatoms. The van der Waals surface area contributed by atoms with Crippen LogP contribution in [0.3, 0.4) is 0 Å². The van der Waals surface area contributed by atoms with Crippen LogP contribution < -0.4 is 10.0 Å². The van der Waals surface area contributed by atoms with Crippen LogP contribution >= 0.6 is 11.6 Å². The molecule has 0 saturated carbocycles. The number of benzene rings is 1. The zero-order valence-electron chi connectivity index (χ0n) is 12.3. The lowest BCUT2D eigenvalue weighted by atomic mass is 10.2. The quantitative estimate of drug-likeness (QED) is 0.507. The minimum atomic E-state index is -4.59. The monoisotopic (exact) mass is 374 g/mol. The Morgan fingerprint density at radius 1 is 1.20 bits per heavy atom. The summed E-state index contributed by atoms with van der Waals surface area (Å²) in [5.41, 5.74) is -1.21. The maximum absolute atomic E-state index is 12.7. The van der Waals surface area contributed by atoms with Gasteiger partial charge in [0.1, 0.15) is 0 Å². The number of nitrogens with one attached hydrogen (secondary N) is 1. The minimum Gasteiger partial charge on any atom is -0.619 e. The number of anilines is 1. The summed E-state index contributed by atoms with van der Waals surface area (Å²) in [5.74, 6) is -1.74. The van der Waals surface area contributed by atoms with Gasteiger partial charge in [-0.05, 0) is 18.2 Å². The van der Waals surface area contributed by atoms with Crippen molar-refractivity contribution in [3.8, 4) is 0 Å².